The summed E-state index contributed by atoms with van der Waals surface area (Å²) in [6.07, 6.45) is 1.61. The van der Waals surface area contributed by atoms with Crippen molar-refractivity contribution in [2.45, 2.75) is 13.5 Å². The minimum Gasteiger partial charge on any atom is -0.468 e. The van der Waals surface area contributed by atoms with Gasteiger partial charge in [-0.05, 0) is 50.4 Å². The number of benzene rings is 1. The molecule has 0 aliphatic rings. The Kier molecular flexibility index (Phi) is 5.94. The number of hydrogen-bond acceptors (Lipinski definition) is 5. The smallest absolute Gasteiger partial charge is 0.338 e. The third kappa shape index (κ3) is 5.27. The summed E-state index contributed by atoms with van der Waals surface area (Å²) in [7, 11) is 1.84. The number of esters is 1. The summed E-state index contributed by atoms with van der Waals surface area (Å²) in [5.74, 6) is 0.297. The summed E-state index contributed by atoms with van der Waals surface area (Å²) in [5, 5.41) is 2.79. The average molecular weight is 316 g/mol. The van der Waals surface area contributed by atoms with E-state index in [0.29, 0.717) is 24.4 Å². The van der Waals surface area contributed by atoms with Crippen LogP contribution in [0.25, 0.3) is 0 Å². The molecule has 0 saturated heterocycles. The molecule has 0 unspecified atom stereocenters. The molecule has 23 heavy (non-hydrogen) atoms. The van der Waals surface area contributed by atoms with Gasteiger partial charge in [0.05, 0.1) is 31.5 Å². The van der Waals surface area contributed by atoms with Gasteiger partial charge in [-0.2, -0.15) is 0 Å². The zero-order valence-electron chi connectivity index (χ0n) is 13.2. The molecule has 0 fully saturated rings. The Labute approximate surface area is 135 Å². The van der Waals surface area contributed by atoms with E-state index in [1.807, 2.05) is 24.1 Å². The molecule has 1 amide bonds. The quantitative estimate of drug-likeness (QED) is 0.795. The molecule has 1 aromatic heterocycles. The second kappa shape index (κ2) is 8.14. The molecular formula is C17H20N2O4. The number of furan rings is 1. The van der Waals surface area contributed by atoms with E-state index in [4.69, 9.17) is 9.15 Å². The first-order valence-corrected chi connectivity index (χ1v) is 7.36. The number of nitrogens with one attached hydrogen (secondary N) is 1. The van der Waals surface area contributed by atoms with Crippen LogP contribution in [0, 0.1) is 0 Å². The van der Waals surface area contributed by atoms with Crippen molar-refractivity contribution in [1.29, 1.82) is 0 Å². The van der Waals surface area contributed by atoms with Crippen molar-refractivity contribution in [1.82, 2.24) is 4.90 Å². The molecule has 0 atom stereocenters. The van der Waals surface area contributed by atoms with Crippen molar-refractivity contribution < 1.29 is 18.7 Å². The maximum absolute atomic E-state index is 12.0. The largest absolute Gasteiger partial charge is 0.468 e. The lowest BCUT2D eigenvalue weighted by Crippen LogP contribution is -2.29. The van der Waals surface area contributed by atoms with E-state index in [2.05, 4.69) is 5.32 Å². The van der Waals surface area contributed by atoms with Crippen LogP contribution < -0.4 is 5.32 Å². The van der Waals surface area contributed by atoms with Gasteiger partial charge in [0.25, 0.3) is 0 Å². The molecule has 0 saturated carbocycles. The number of rotatable bonds is 7. The first-order valence-electron chi connectivity index (χ1n) is 7.36. The minimum atomic E-state index is -0.372. The second-order valence-electron chi connectivity index (χ2n) is 5.10. The second-order valence-corrected chi connectivity index (χ2v) is 5.10. The molecule has 0 radical (unpaired) electrons. The average Bonchev–Trinajstić information content (AvgIpc) is 3.00. The van der Waals surface area contributed by atoms with Gasteiger partial charge in [0.1, 0.15) is 5.76 Å². The number of amides is 1. The van der Waals surface area contributed by atoms with Crippen molar-refractivity contribution in [3.63, 3.8) is 0 Å². The summed E-state index contributed by atoms with van der Waals surface area (Å²) in [6.45, 7) is 2.88. The Balaban J connectivity index is 1.83. The van der Waals surface area contributed by atoms with Crippen LogP contribution >= 0.6 is 0 Å². The van der Waals surface area contributed by atoms with Crippen LogP contribution in [0.1, 0.15) is 23.0 Å². The number of anilines is 1. The van der Waals surface area contributed by atoms with Crippen LogP contribution in [-0.2, 0) is 16.1 Å². The van der Waals surface area contributed by atoms with Gasteiger partial charge >= 0.3 is 5.97 Å². The van der Waals surface area contributed by atoms with E-state index < -0.39 is 0 Å². The summed E-state index contributed by atoms with van der Waals surface area (Å²) < 4.78 is 10.2. The minimum absolute atomic E-state index is 0.136. The summed E-state index contributed by atoms with van der Waals surface area (Å²) in [6, 6.07) is 10.3. The summed E-state index contributed by atoms with van der Waals surface area (Å²) in [4.78, 5) is 25.4. The van der Waals surface area contributed by atoms with Crippen molar-refractivity contribution in [3.05, 3.63) is 54.0 Å². The lowest BCUT2D eigenvalue weighted by molar-refractivity contribution is -0.117. The zero-order chi connectivity index (χ0) is 16.7. The van der Waals surface area contributed by atoms with E-state index in [1.165, 1.54) is 0 Å². The van der Waals surface area contributed by atoms with Crippen LogP contribution in [-0.4, -0.2) is 37.0 Å². The predicted octanol–water partition coefficient (Wildman–Crippen LogP) is 2.53. The SMILES string of the molecule is CCOC(=O)c1ccc(NC(=O)CN(C)Cc2ccco2)cc1. The van der Waals surface area contributed by atoms with Crippen LogP contribution in [0.2, 0.25) is 0 Å². The maximum atomic E-state index is 12.0. The lowest BCUT2D eigenvalue weighted by Gasteiger charge is -2.14. The molecule has 6 heteroatoms. The number of likely N-dealkylation sites (N-methyl/N-ethyl adjacent to an activating group) is 1. The lowest BCUT2D eigenvalue weighted by atomic mass is 10.2. The van der Waals surface area contributed by atoms with Crippen LogP contribution in [0.4, 0.5) is 5.69 Å². The molecular weight excluding hydrogens is 296 g/mol. The van der Waals surface area contributed by atoms with Gasteiger partial charge in [0, 0.05) is 5.69 Å². The van der Waals surface area contributed by atoms with E-state index >= 15 is 0 Å². The Morgan fingerprint density at radius 1 is 1.22 bits per heavy atom. The third-order valence-corrected chi connectivity index (χ3v) is 3.10. The Bertz CT molecular complexity index is 635. The molecule has 6 nitrogen and oxygen atoms in total. The fourth-order valence-corrected chi connectivity index (χ4v) is 2.07. The molecule has 122 valence electrons. The van der Waals surface area contributed by atoms with Gasteiger partial charge in [-0.3, -0.25) is 9.69 Å². The molecule has 1 heterocycles. The number of carbonyl (C=O) groups excluding carboxylic acids is 2. The number of carbonyl (C=O) groups is 2. The monoisotopic (exact) mass is 316 g/mol. The predicted molar refractivity (Wildman–Crippen MR) is 86.1 cm³/mol. The Morgan fingerprint density at radius 3 is 2.57 bits per heavy atom. The fraction of sp³-hybridized carbons (Fsp3) is 0.294. The van der Waals surface area contributed by atoms with Gasteiger partial charge in [-0.1, -0.05) is 0 Å². The van der Waals surface area contributed by atoms with Crippen LogP contribution in [0.3, 0.4) is 0 Å². The van der Waals surface area contributed by atoms with Gasteiger partial charge in [0.2, 0.25) is 5.91 Å². The van der Waals surface area contributed by atoms with Crippen molar-refractivity contribution in [2.75, 3.05) is 25.5 Å². The Morgan fingerprint density at radius 2 is 1.96 bits per heavy atom. The topological polar surface area (TPSA) is 71.8 Å². The summed E-state index contributed by atoms with van der Waals surface area (Å²) in [5.41, 5.74) is 1.09. The molecule has 0 aliphatic heterocycles. The van der Waals surface area contributed by atoms with Gasteiger partial charge < -0.3 is 14.5 Å². The van der Waals surface area contributed by atoms with Gasteiger partial charge in [-0.25, -0.2) is 4.79 Å². The number of nitrogens with zero attached hydrogens (tertiary/aromatic N) is 1. The normalized spacial score (nSPS) is 10.6. The van der Waals surface area contributed by atoms with Crippen LogP contribution in [0.5, 0.6) is 0 Å². The Hall–Kier alpha value is -2.60. The van der Waals surface area contributed by atoms with E-state index in [0.717, 1.165) is 5.76 Å². The highest BCUT2D eigenvalue weighted by Gasteiger charge is 2.10. The van der Waals surface area contributed by atoms with Crippen molar-refractivity contribution >= 4 is 17.6 Å². The molecule has 1 N–H and O–H groups in total. The van der Waals surface area contributed by atoms with Crippen molar-refractivity contribution in [3.8, 4) is 0 Å². The first-order chi connectivity index (χ1) is 11.1. The molecule has 2 aromatic rings. The van der Waals surface area contributed by atoms with E-state index in [1.54, 1.807) is 37.5 Å². The highest BCUT2D eigenvalue weighted by atomic mass is 16.5. The molecule has 0 bridgehead atoms. The molecule has 0 aliphatic carbocycles. The van der Waals surface area contributed by atoms with E-state index in [-0.39, 0.29) is 18.4 Å². The molecule has 0 spiro atoms. The zero-order valence-corrected chi connectivity index (χ0v) is 13.2. The van der Waals surface area contributed by atoms with Gasteiger partial charge in [0.15, 0.2) is 0 Å². The third-order valence-electron chi connectivity index (χ3n) is 3.10. The fourth-order valence-electron chi connectivity index (χ4n) is 2.07. The van der Waals surface area contributed by atoms with Crippen molar-refractivity contribution in [2.24, 2.45) is 0 Å². The number of hydrogen-bond donors (Lipinski definition) is 1. The first kappa shape index (κ1) is 16.8. The maximum Gasteiger partial charge on any atom is 0.338 e. The highest BCUT2D eigenvalue weighted by molar-refractivity contribution is 5.93. The highest BCUT2D eigenvalue weighted by Crippen LogP contribution is 2.11. The summed E-state index contributed by atoms with van der Waals surface area (Å²) >= 11 is 0. The molecule has 1 aromatic carbocycles. The number of ether oxygens (including phenoxy) is 1. The van der Waals surface area contributed by atoms with Gasteiger partial charge in [-0.15, -0.1) is 0 Å². The standard InChI is InChI=1S/C17H20N2O4/c1-3-22-17(21)13-6-8-14(9-7-13)18-16(20)12-19(2)11-15-5-4-10-23-15/h4-10H,3,11-12H2,1-2H3,(H,18,20). The van der Waals surface area contributed by atoms with E-state index in [9.17, 15) is 9.59 Å². The van der Waals surface area contributed by atoms with Crippen LogP contribution in [0.15, 0.2) is 47.1 Å². The molecule has 2 rings (SSSR count).